The predicted molar refractivity (Wildman–Crippen MR) is 78.3 cm³/mol. The van der Waals surface area contributed by atoms with Gasteiger partial charge in [0, 0.05) is 6.42 Å². The molecule has 1 aliphatic heterocycles. The first kappa shape index (κ1) is 15.2. The van der Waals surface area contributed by atoms with Crippen molar-refractivity contribution in [2.45, 2.75) is 38.6 Å². The second kappa shape index (κ2) is 6.08. The van der Waals surface area contributed by atoms with Crippen molar-refractivity contribution in [3.05, 3.63) is 35.9 Å². The summed E-state index contributed by atoms with van der Waals surface area (Å²) in [5.74, 6) is -0.995. The van der Waals surface area contributed by atoms with E-state index in [0.717, 1.165) is 6.42 Å². The Kier molecular flexibility index (Phi) is 4.40. The van der Waals surface area contributed by atoms with Gasteiger partial charge in [0.05, 0.1) is 0 Å². The lowest BCUT2D eigenvalue weighted by Gasteiger charge is -2.40. The molecule has 1 saturated heterocycles. The zero-order chi connectivity index (χ0) is 15.5. The van der Waals surface area contributed by atoms with Gasteiger partial charge in [-0.1, -0.05) is 30.3 Å². The molecule has 0 unspecified atom stereocenters. The Labute approximate surface area is 124 Å². The maximum absolute atomic E-state index is 12.3. The molecule has 1 heterocycles. The van der Waals surface area contributed by atoms with Crippen LogP contribution in [0.25, 0.3) is 0 Å². The van der Waals surface area contributed by atoms with Gasteiger partial charge in [-0.25, -0.2) is 0 Å². The topological polar surface area (TPSA) is 66.5 Å². The lowest BCUT2D eigenvalue weighted by atomic mass is 9.97. The van der Waals surface area contributed by atoms with Gasteiger partial charge < -0.3 is 4.90 Å². The second-order valence-electron chi connectivity index (χ2n) is 5.76. The number of piperazine rings is 1. The van der Waals surface area contributed by atoms with Gasteiger partial charge in [-0.2, -0.15) is 0 Å². The molecule has 5 heteroatoms. The summed E-state index contributed by atoms with van der Waals surface area (Å²) in [4.78, 5) is 36.9. The zero-order valence-electron chi connectivity index (χ0n) is 12.4. The lowest BCUT2D eigenvalue weighted by molar-refractivity contribution is -0.155. The molecule has 0 bridgehead atoms. The third-order valence-corrected chi connectivity index (χ3v) is 3.79. The summed E-state index contributed by atoms with van der Waals surface area (Å²) >= 11 is 0. The van der Waals surface area contributed by atoms with Crippen molar-refractivity contribution in [3.63, 3.8) is 0 Å². The molecule has 0 aliphatic carbocycles. The van der Waals surface area contributed by atoms with Crippen molar-refractivity contribution in [2.75, 3.05) is 6.54 Å². The largest absolute Gasteiger partial charge is 0.319 e. The predicted octanol–water partition coefficient (Wildman–Crippen LogP) is 1.27. The maximum atomic E-state index is 12.3. The first-order valence-electron chi connectivity index (χ1n) is 7.10. The molecular weight excluding hydrogens is 268 g/mol. The lowest BCUT2D eigenvalue weighted by Crippen LogP contribution is -2.65. The molecule has 21 heavy (non-hydrogen) atoms. The van der Waals surface area contributed by atoms with Gasteiger partial charge in [-0.05, 0) is 32.3 Å². The Hall–Kier alpha value is -2.17. The van der Waals surface area contributed by atoms with Crippen LogP contribution >= 0.6 is 0 Å². The van der Waals surface area contributed by atoms with Crippen molar-refractivity contribution in [1.82, 2.24) is 10.2 Å². The highest BCUT2D eigenvalue weighted by Crippen LogP contribution is 2.20. The Morgan fingerprint density at radius 3 is 2.57 bits per heavy atom. The van der Waals surface area contributed by atoms with Gasteiger partial charge in [-0.15, -0.1) is 0 Å². The van der Waals surface area contributed by atoms with Crippen LogP contribution in [-0.2, 0) is 20.8 Å². The minimum Gasteiger partial charge on any atom is -0.319 e. The van der Waals surface area contributed by atoms with Gasteiger partial charge in [0.15, 0.2) is 0 Å². The molecule has 5 nitrogen and oxygen atoms in total. The van der Waals surface area contributed by atoms with E-state index in [1.807, 2.05) is 30.3 Å². The normalized spacial score (nSPS) is 17.5. The molecule has 1 aromatic carbocycles. The van der Waals surface area contributed by atoms with E-state index in [2.05, 4.69) is 5.32 Å². The Balaban J connectivity index is 1.93. The fourth-order valence-corrected chi connectivity index (χ4v) is 2.41. The van der Waals surface area contributed by atoms with E-state index >= 15 is 0 Å². The van der Waals surface area contributed by atoms with Crippen LogP contribution in [0.2, 0.25) is 0 Å². The molecule has 2 rings (SSSR count). The number of nitrogens with zero attached hydrogens (tertiary/aromatic N) is 1. The molecule has 1 N–H and O–H groups in total. The van der Waals surface area contributed by atoms with Crippen LogP contribution in [0.5, 0.6) is 0 Å². The van der Waals surface area contributed by atoms with Crippen LogP contribution in [-0.4, -0.2) is 34.7 Å². The van der Waals surface area contributed by atoms with Crippen LogP contribution in [0, 0.1) is 0 Å². The number of imide groups is 1. The van der Waals surface area contributed by atoms with Gasteiger partial charge >= 0.3 is 0 Å². The van der Waals surface area contributed by atoms with Crippen LogP contribution in [0.3, 0.4) is 0 Å². The van der Waals surface area contributed by atoms with Gasteiger partial charge in [0.1, 0.15) is 12.1 Å². The number of aryl methyl sites for hydroxylation is 1. The highest BCUT2D eigenvalue weighted by Gasteiger charge is 2.42. The summed E-state index contributed by atoms with van der Waals surface area (Å²) in [6.07, 6.45) is 1.84. The van der Waals surface area contributed by atoms with Crippen molar-refractivity contribution < 1.29 is 14.4 Å². The van der Waals surface area contributed by atoms with Gasteiger partial charge in [0.25, 0.3) is 5.91 Å². The number of rotatable bonds is 4. The van der Waals surface area contributed by atoms with Gasteiger partial charge in [-0.3, -0.25) is 19.7 Å². The Morgan fingerprint density at radius 1 is 1.24 bits per heavy atom. The molecule has 1 aliphatic rings. The van der Waals surface area contributed by atoms with E-state index in [1.165, 1.54) is 10.5 Å². The number of hydrogen-bond acceptors (Lipinski definition) is 3. The van der Waals surface area contributed by atoms with Crippen LogP contribution in [0.15, 0.2) is 30.3 Å². The molecule has 0 spiro atoms. The summed E-state index contributed by atoms with van der Waals surface area (Å²) in [6.45, 7) is 3.26. The maximum Gasteiger partial charge on any atom is 0.252 e. The number of carbonyl (C=O) groups is 3. The first-order valence-corrected chi connectivity index (χ1v) is 7.10. The van der Waals surface area contributed by atoms with Crippen molar-refractivity contribution in [1.29, 1.82) is 0 Å². The number of nitrogens with one attached hydrogen (secondary N) is 1. The summed E-state index contributed by atoms with van der Waals surface area (Å²) in [6, 6.07) is 9.93. The van der Waals surface area contributed by atoms with Crippen LogP contribution < -0.4 is 5.32 Å². The monoisotopic (exact) mass is 288 g/mol. The summed E-state index contributed by atoms with van der Waals surface area (Å²) in [7, 11) is 0. The Morgan fingerprint density at radius 2 is 1.90 bits per heavy atom. The molecule has 0 saturated carbocycles. The van der Waals surface area contributed by atoms with Gasteiger partial charge in [0.2, 0.25) is 11.8 Å². The quantitative estimate of drug-likeness (QED) is 0.849. The van der Waals surface area contributed by atoms with E-state index in [0.29, 0.717) is 12.8 Å². The van der Waals surface area contributed by atoms with Crippen molar-refractivity contribution in [2.24, 2.45) is 0 Å². The minimum absolute atomic E-state index is 0.0527. The SMILES string of the molecule is CC1(C)C(=O)NC(=O)CN1C(=O)CCCc1ccccc1. The number of hydrogen-bond donors (Lipinski definition) is 1. The molecule has 112 valence electrons. The highest BCUT2D eigenvalue weighted by molar-refractivity contribution is 6.06. The van der Waals surface area contributed by atoms with E-state index in [-0.39, 0.29) is 12.5 Å². The average Bonchev–Trinajstić information content (AvgIpc) is 2.44. The first-order chi connectivity index (χ1) is 9.91. The summed E-state index contributed by atoms with van der Waals surface area (Å²) in [5, 5.41) is 2.26. The van der Waals surface area contributed by atoms with Crippen molar-refractivity contribution in [3.8, 4) is 0 Å². The molecule has 3 amide bonds. The molecule has 1 aromatic rings. The summed E-state index contributed by atoms with van der Waals surface area (Å²) in [5.41, 5.74) is 0.203. The number of carbonyl (C=O) groups excluding carboxylic acids is 3. The summed E-state index contributed by atoms with van der Waals surface area (Å²) < 4.78 is 0. The minimum atomic E-state index is -0.974. The zero-order valence-corrected chi connectivity index (χ0v) is 12.4. The fraction of sp³-hybridized carbons (Fsp3) is 0.438. The Bertz CT molecular complexity index is 552. The van der Waals surface area contributed by atoms with Crippen molar-refractivity contribution >= 4 is 17.7 Å². The molecule has 0 radical (unpaired) electrons. The smallest absolute Gasteiger partial charge is 0.252 e. The van der Waals surface area contributed by atoms with E-state index in [9.17, 15) is 14.4 Å². The van der Waals surface area contributed by atoms with E-state index < -0.39 is 17.4 Å². The highest BCUT2D eigenvalue weighted by atomic mass is 16.2. The van der Waals surface area contributed by atoms with E-state index in [1.54, 1.807) is 13.8 Å². The molecular formula is C16H20N2O3. The molecule has 0 aromatic heterocycles. The van der Waals surface area contributed by atoms with Crippen LogP contribution in [0.4, 0.5) is 0 Å². The molecule has 1 fully saturated rings. The fourth-order valence-electron chi connectivity index (χ4n) is 2.41. The number of amides is 3. The van der Waals surface area contributed by atoms with Crippen LogP contribution in [0.1, 0.15) is 32.3 Å². The standard InChI is InChI=1S/C16H20N2O3/c1-16(2)15(21)17-13(19)11-18(16)14(20)10-6-9-12-7-4-3-5-8-12/h3-5,7-8H,6,9-11H2,1-2H3,(H,17,19,21). The third-order valence-electron chi connectivity index (χ3n) is 3.79. The second-order valence-corrected chi connectivity index (χ2v) is 5.76. The third kappa shape index (κ3) is 3.48. The molecule has 0 atom stereocenters. The number of benzene rings is 1. The average molecular weight is 288 g/mol. The van der Waals surface area contributed by atoms with E-state index in [4.69, 9.17) is 0 Å².